The highest BCUT2D eigenvalue weighted by molar-refractivity contribution is 7.99. The van der Waals surface area contributed by atoms with Crippen molar-refractivity contribution >= 4 is 40.0 Å². The summed E-state index contributed by atoms with van der Waals surface area (Å²) >= 11 is 2.68. The Balaban J connectivity index is 1.74. The molecule has 0 aliphatic heterocycles. The van der Waals surface area contributed by atoms with Crippen molar-refractivity contribution in [3.63, 3.8) is 0 Å². The molecule has 0 fully saturated rings. The molecule has 0 aliphatic carbocycles. The van der Waals surface area contributed by atoms with Gasteiger partial charge < -0.3 is 10.1 Å². The highest BCUT2D eigenvalue weighted by Gasteiger charge is 2.20. The molecule has 0 radical (unpaired) electrons. The maximum Gasteiger partial charge on any atom is 0.341 e. The van der Waals surface area contributed by atoms with Gasteiger partial charge in [-0.25, -0.2) is 4.79 Å². The van der Waals surface area contributed by atoms with E-state index in [1.807, 2.05) is 23.6 Å². The number of allylic oxidation sites excluding steroid dienone is 1. The summed E-state index contributed by atoms with van der Waals surface area (Å²) in [6, 6.07) is 10.1. The van der Waals surface area contributed by atoms with Crippen molar-refractivity contribution in [2.24, 2.45) is 0 Å². The van der Waals surface area contributed by atoms with Crippen LogP contribution < -0.4 is 5.32 Å². The number of aromatic nitrogens is 3. The smallest absolute Gasteiger partial charge is 0.341 e. The molecule has 0 aliphatic rings. The fourth-order valence-electron chi connectivity index (χ4n) is 3.38. The van der Waals surface area contributed by atoms with Crippen molar-refractivity contribution in [2.75, 3.05) is 17.7 Å². The maximum absolute atomic E-state index is 12.7. The van der Waals surface area contributed by atoms with Crippen LogP contribution in [0.1, 0.15) is 55.4 Å². The first-order valence-electron chi connectivity index (χ1n) is 11.5. The third-order valence-corrected chi connectivity index (χ3v) is 7.41. The van der Waals surface area contributed by atoms with E-state index in [2.05, 4.69) is 55.0 Å². The zero-order valence-electron chi connectivity index (χ0n) is 20.9. The van der Waals surface area contributed by atoms with E-state index in [4.69, 9.17) is 4.74 Å². The summed E-state index contributed by atoms with van der Waals surface area (Å²) in [5.41, 5.74) is 2.65. The predicted octanol–water partition coefficient (Wildman–Crippen LogP) is 5.96. The highest BCUT2D eigenvalue weighted by atomic mass is 32.2. The second-order valence-electron chi connectivity index (χ2n) is 8.90. The van der Waals surface area contributed by atoms with Gasteiger partial charge in [0.2, 0.25) is 5.91 Å². The number of carbonyl (C=O) groups excluding carboxylic acids is 2. The fraction of sp³-hybridized carbons (Fsp3) is 0.385. The number of thioether (sulfide) groups is 1. The summed E-state index contributed by atoms with van der Waals surface area (Å²) in [5.74, 6) is 0.192. The van der Waals surface area contributed by atoms with Gasteiger partial charge in [0.1, 0.15) is 5.00 Å². The maximum atomic E-state index is 12.7. The first-order valence-corrected chi connectivity index (χ1v) is 13.4. The number of nitrogens with one attached hydrogen (secondary N) is 1. The minimum absolute atomic E-state index is 0.0648. The largest absolute Gasteiger partial charge is 0.462 e. The van der Waals surface area contributed by atoms with Crippen LogP contribution in [0.2, 0.25) is 0 Å². The molecule has 7 nitrogen and oxygen atoms in total. The van der Waals surface area contributed by atoms with Crippen molar-refractivity contribution in [3.8, 4) is 11.4 Å². The van der Waals surface area contributed by atoms with Crippen molar-refractivity contribution in [1.29, 1.82) is 0 Å². The normalized spacial score (nSPS) is 11.3. The summed E-state index contributed by atoms with van der Waals surface area (Å²) in [6.45, 7) is 14.9. The Bertz CT molecular complexity index is 1190. The molecule has 2 aromatic heterocycles. The number of nitrogens with zero attached hydrogens (tertiary/aromatic N) is 3. The van der Waals surface area contributed by atoms with E-state index in [9.17, 15) is 9.59 Å². The standard InChI is InChI=1S/C26H32N4O3S2/c1-7-14-30-22(17-10-12-18(13-11-17)26(4,5)6)28-29-25(30)34-16-21(31)27-23-20(24(32)33-9-3)15-19(8-2)35-23/h7,10-13,15H,1,8-9,14,16H2,2-6H3,(H,27,31). The number of rotatable bonds is 10. The zero-order chi connectivity index (χ0) is 25.6. The van der Waals surface area contributed by atoms with Crippen molar-refractivity contribution in [1.82, 2.24) is 14.8 Å². The minimum atomic E-state index is -0.431. The number of amides is 1. The number of ether oxygens (including phenoxy) is 1. The Morgan fingerprint density at radius 2 is 1.91 bits per heavy atom. The molecule has 0 saturated carbocycles. The number of carbonyl (C=O) groups is 2. The van der Waals surface area contributed by atoms with Crippen molar-refractivity contribution in [2.45, 2.75) is 58.2 Å². The van der Waals surface area contributed by atoms with Gasteiger partial charge in [0.25, 0.3) is 0 Å². The van der Waals surface area contributed by atoms with Gasteiger partial charge in [0, 0.05) is 17.0 Å². The van der Waals surface area contributed by atoms with E-state index in [1.165, 1.54) is 28.7 Å². The molecular formula is C26H32N4O3S2. The first kappa shape index (κ1) is 26.7. The average Bonchev–Trinajstić information content (AvgIpc) is 3.41. The lowest BCUT2D eigenvalue weighted by Crippen LogP contribution is -2.16. The summed E-state index contributed by atoms with van der Waals surface area (Å²) in [5, 5.41) is 12.7. The van der Waals surface area contributed by atoms with Gasteiger partial charge in [-0.2, -0.15) is 0 Å². The van der Waals surface area contributed by atoms with Gasteiger partial charge in [-0.05, 0) is 30.4 Å². The van der Waals surface area contributed by atoms with Crippen molar-refractivity contribution < 1.29 is 14.3 Å². The fourth-order valence-corrected chi connectivity index (χ4v) is 5.13. The molecule has 3 aromatic rings. The van der Waals surface area contributed by atoms with Crippen LogP contribution in [0.3, 0.4) is 0 Å². The zero-order valence-corrected chi connectivity index (χ0v) is 22.5. The summed E-state index contributed by atoms with van der Waals surface area (Å²) in [4.78, 5) is 26.0. The van der Waals surface area contributed by atoms with Crippen LogP contribution in [0, 0.1) is 0 Å². The van der Waals surface area contributed by atoms with Gasteiger partial charge in [0.15, 0.2) is 11.0 Å². The molecule has 186 valence electrons. The van der Waals surface area contributed by atoms with Crippen LogP contribution in [0.4, 0.5) is 5.00 Å². The summed E-state index contributed by atoms with van der Waals surface area (Å²) in [7, 11) is 0. The van der Waals surface area contributed by atoms with Crippen LogP contribution in [-0.2, 0) is 27.9 Å². The van der Waals surface area contributed by atoms with E-state index >= 15 is 0 Å². The molecular weight excluding hydrogens is 480 g/mol. The number of esters is 1. The lowest BCUT2D eigenvalue weighted by Gasteiger charge is -2.19. The molecule has 9 heteroatoms. The molecule has 35 heavy (non-hydrogen) atoms. The molecule has 1 N–H and O–H groups in total. The first-order chi connectivity index (χ1) is 16.7. The van der Waals surface area contributed by atoms with Gasteiger partial charge in [-0.1, -0.05) is 69.8 Å². The predicted molar refractivity (Wildman–Crippen MR) is 143 cm³/mol. The van der Waals surface area contributed by atoms with E-state index in [1.54, 1.807) is 19.1 Å². The third kappa shape index (κ3) is 6.61. The number of hydrogen-bond donors (Lipinski definition) is 1. The van der Waals surface area contributed by atoms with Crippen LogP contribution in [0.15, 0.2) is 48.1 Å². The minimum Gasteiger partial charge on any atom is -0.462 e. The van der Waals surface area contributed by atoms with Crippen molar-refractivity contribution in [3.05, 3.63) is 59.0 Å². The average molecular weight is 513 g/mol. The SMILES string of the molecule is C=CCn1c(SCC(=O)Nc2sc(CC)cc2C(=O)OCC)nnc1-c1ccc(C(C)(C)C)cc1. The Morgan fingerprint density at radius 3 is 2.51 bits per heavy atom. The molecule has 1 aromatic carbocycles. The summed E-state index contributed by atoms with van der Waals surface area (Å²) < 4.78 is 7.08. The van der Waals surface area contributed by atoms with Gasteiger partial charge in [-0.15, -0.1) is 28.1 Å². The Hall–Kier alpha value is -2.91. The molecule has 0 bridgehead atoms. The topological polar surface area (TPSA) is 86.1 Å². The quantitative estimate of drug-likeness (QED) is 0.205. The molecule has 0 saturated heterocycles. The molecule has 0 atom stereocenters. The van der Waals surface area contributed by atoms with E-state index in [-0.39, 0.29) is 23.7 Å². The Labute approximate surface area is 215 Å². The summed E-state index contributed by atoms with van der Waals surface area (Å²) in [6.07, 6.45) is 2.55. The number of hydrogen-bond acceptors (Lipinski definition) is 7. The number of aryl methyl sites for hydroxylation is 1. The number of thiophene rings is 1. The molecule has 0 unspecified atom stereocenters. The molecule has 2 heterocycles. The Morgan fingerprint density at radius 1 is 1.20 bits per heavy atom. The Kier molecular flexibility index (Phi) is 8.91. The van der Waals surface area contributed by atoms with E-state index in [0.717, 1.165) is 22.7 Å². The molecule has 1 amide bonds. The number of anilines is 1. The van der Waals surface area contributed by atoms with Gasteiger partial charge >= 0.3 is 5.97 Å². The van der Waals surface area contributed by atoms with Crippen LogP contribution >= 0.6 is 23.1 Å². The van der Waals surface area contributed by atoms with Crippen LogP contribution in [0.25, 0.3) is 11.4 Å². The molecule has 3 rings (SSSR count). The number of benzene rings is 1. The highest BCUT2D eigenvalue weighted by Crippen LogP contribution is 2.31. The lowest BCUT2D eigenvalue weighted by molar-refractivity contribution is -0.113. The van der Waals surface area contributed by atoms with E-state index in [0.29, 0.717) is 22.3 Å². The van der Waals surface area contributed by atoms with Crippen LogP contribution in [-0.4, -0.2) is 39.0 Å². The third-order valence-electron chi connectivity index (χ3n) is 5.25. The van der Waals surface area contributed by atoms with Gasteiger partial charge in [0.05, 0.1) is 17.9 Å². The second-order valence-corrected chi connectivity index (χ2v) is 11.0. The molecule has 0 spiro atoms. The van der Waals surface area contributed by atoms with Crippen LogP contribution in [0.5, 0.6) is 0 Å². The second kappa shape index (κ2) is 11.7. The lowest BCUT2D eigenvalue weighted by atomic mass is 9.87. The van der Waals surface area contributed by atoms with Gasteiger partial charge in [-0.3, -0.25) is 9.36 Å². The monoisotopic (exact) mass is 512 g/mol. The van der Waals surface area contributed by atoms with E-state index < -0.39 is 5.97 Å².